The molecule has 0 aromatic carbocycles. The molecule has 0 spiro atoms. The largest absolute Gasteiger partial charge is 0.381 e. The van der Waals surface area contributed by atoms with Gasteiger partial charge in [0, 0.05) is 44.7 Å². The van der Waals surface area contributed by atoms with E-state index < -0.39 is 17.8 Å². The number of ether oxygens (including phenoxy) is 1. The van der Waals surface area contributed by atoms with Gasteiger partial charge in [-0.1, -0.05) is 0 Å². The van der Waals surface area contributed by atoms with Crippen molar-refractivity contribution in [3.8, 4) is 0 Å². The molecular weight excluding hydrogens is 358 g/mol. The fraction of sp³-hybridized carbons (Fsp3) is 0.588. The van der Waals surface area contributed by atoms with E-state index >= 15 is 0 Å². The van der Waals surface area contributed by atoms with Crippen LogP contribution in [0.5, 0.6) is 0 Å². The number of nitrogens with zero attached hydrogens (tertiary/aromatic N) is 2. The number of hydrogen-bond donors (Lipinski definition) is 1. The van der Waals surface area contributed by atoms with E-state index in [1.807, 2.05) is 0 Å². The molecule has 27 heavy (non-hydrogen) atoms. The molecule has 2 aliphatic rings. The van der Waals surface area contributed by atoms with Crippen molar-refractivity contribution in [1.29, 1.82) is 0 Å². The highest BCUT2D eigenvalue weighted by Crippen LogP contribution is 2.10. The minimum absolute atomic E-state index is 0.0427. The van der Waals surface area contributed by atoms with Gasteiger partial charge in [-0.2, -0.15) is 5.06 Å². The molecule has 2 heterocycles. The van der Waals surface area contributed by atoms with Gasteiger partial charge in [0.15, 0.2) is 0 Å². The molecule has 0 aliphatic carbocycles. The van der Waals surface area contributed by atoms with Gasteiger partial charge in [-0.25, -0.2) is 4.79 Å². The first-order valence-electron chi connectivity index (χ1n) is 8.86. The molecule has 0 bridgehead atoms. The van der Waals surface area contributed by atoms with Crippen molar-refractivity contribution in [2.24, 2.45) is 0 Å². The molecule has 4 amide bonds. The summed E-state index contributed by atoms with van der Waals surface area (Å²) in [6.07, 6.45) is 4.08. The average molecular weight is 381 g/mol. The number of hydrogen-bond acceptors (Lipinski definition) is 7. The van der Waals surface area contributed by atoms with Crippen molar-refractivity contribution >= 4 is 29.6 Å². The van der Waals surface area contributed by atoms with Gasteiger partial charge in [0.2, 0.25) is 5.91 Å². The highest BCUT2D eigenvalue weighted by molar-refractivity contribution is 6.13. The highest BCUT2D eigenvalue weighted by atomic mass is 16.7. The van der Waals surface area contributed by atoms with Gasteiger partial charge >= 0.3 is 5.97 Å². The van der Waals surface area contributed by atoms with Gasteiger partial charge in [-0.3, -0.25) is 24.1 Å². The van der Waals surface area contributed by atoms with E-state index in [1.165, 1.54) is 12.2 Å². The summed E-state index contributed by atoms with van der Waals surface area (Å²) >= 11 is 0. The molecule has 10 heteroatoms. The average Bonchev–Trinajstić information content (AvgIpc) is 3.17. The Morgan fingerprint density at radius 2 is 1.81 bits per heavy atom. The van der Waals surface area contributed by atoms with Crippen LogP contribution in [0, 0.1) is 0 Å². The van der Waals surface area contributed by atoms with E-state index in [-0.39, 0.29) is 37.8 Å². The first-order valence-corrected chi connectivity index (χ1v) is 8.86. The molecule has 0 aromatic rings. The third-order valence-corrected chi connectivity index (χ3v) is 3.94. The summed E-state index contributed by atoms with van der Waals surface area (Å²) < 4.78 is 5.29. The number of hydroxylamine groups is 2. The summed E-state index contributed by atoms with van der Waals surface area (Å²) in [5.74, 6) is -1.78. The first-order chi connectivity index (χ1) is 13.0. The summed E-state index contributed by atoms with van der Waals surface area (Å²) in [4.78, 5) is 63.1. The SMILES string of the molecule is O=C(CCN1C(=O)C=CC1=O)NCCCOCCC(=O)ON1CCCC1=O. The fourth-order valence-corrected chi connectivity index (χ4v) is 2.50. The van der Waals surface area contributed by atoms with Gasteiger partial charge in [0.1, 0.15) is 0 Å². The number of amides is 4. The molecule has 2 aliphatic heterocycles. The second kappa shape index (κ2) is 10.4. The van der Waals surface area contributed by atoms with Crippen LogP contribution in [-0.2, 0) is 33.5 Å². The monoisotopic (exact) mass is 381 g/mol. The zero-order chi connectivity index (χ0) is 19.6. The Morgan fingerprint density at radius 1 is 1.07 bits per heavy atom. The number of rotatable bonds is 11. The predicted molar refractivity (Wildman–Crippen MR) is 90.6 cm³/mol. The van der Waals surface area contributed by atoms with E-state index in [0.29, 0.717) is 39.0 Å². The second-order valence-electron chi connectivity index (χ2n) is 6.04. The lowest BCUT2D eigenvalue weighted by atomic mass is 10.3. The maximum absolute atomic E-state index is 11.7. The van der Waals surface area contributed by atoms with Crippen molar-refractivity contribution in [2.75, 3.05) is 32.8 Å². The van der Waals surface area contributed by atoms with Crippen LogP contribution >= 0.6 is 0 Å². The molecule has 2 rings (SSSR count). The lowest BCUT2D eigenvalue weighted by Gasteiger charge is -2.14. The molecule has 1 fully saturated rings. The molecule has 0 saturated carbocycles. The summed E-state index contributed by atoms with van der Waals surface area (Å²) in [6, 6.07) is 0. The Balaban J connectivity index is 1.43. The number of carbonyl (C=O) groups is 5. The smallest absolute Gasteiger partial charge is 0.334 e. The topological polar surface area (TPSA) is 122 Å². The predicted octanol–water partition coefficient (Wildman–Crippen LogP) is -0.705. The normalized spacial score (nSPS) is 16.4. The van der Waals surface area contributed by atoms with Crippen LogP contribution in [0.1, 0.15) is 32.1 Å². The highest BCUT2D eigenvalue weighted by Gasteiger charge is 2.24. The summed E-state index contributed by atoms with van der Waals surface area (Å²) in [7, 11) is 0. The van der Waals surface area contributed by atoms with Crippen molar-refractivity contribution in [1.82, 2.24) is 15.3 Å². The van der Waals surface area contributed by atoms with Crippen molar-refractivity contribution in [3.63, 3.8) is 0 Å². The zero-order valence-corrected chi connectivity index (χ0v) is 15.0. The molecule has 0 atom stereocenters. The fourth-order valence-electron chi connectivity index (χ4n) is 2.50. The van der Waals surface area contributed by atoms with Crippen LogP contribution < -0.4 is 5.32 Å². The Bertz CT molecular complexity index is 614. The zero-order valence-electron chi connectivity index (χ0n) is 15.0. The third kappa shape index (κ3) is 6.81. The van der Waals surface area contributed by atoms with Gasteiger partial charge < -0.3 is 14.9 Å². The molecular formula is C17H23N3O7. The number of imide groups is 1. The van der Waals surface area contributed by atoms with Gasteiger partial charge in [0.25, 0.3) is 17.7 Å². The molecule has 1 saturated heterocycles. The second-order valence-corrected chi connectivity index (χ2v) is 6.04. The minimum atomic E-state index is -0.515. The van der Waals surface area contributed by atoms with Crippen LogP contribution in [0.2, 0.25) is 0 Å². The van der Waals surface area contributed by atoms with E-state index in [0.717, 1.165) is 9.96 Å². The van der Waals surface area contributed by atoms with Crippen LogP contribution in [0.4, 0.5) is 0 Å². The van der Waals surface area contributed by atoms with Gasteiger partial charge in [0.05, 0.1) is 19.6 Å². The third-order valence-electron chi connectivity index (χ3n) is 3.94. The maximum Gasteiger partial charge on any atom is 0.334 e. The molecule has 10 nitrogen and oxygen atoms in total. The Labute approximate surface area is 156 Å². The van der Waals surface area contributed by atoms with Crippen LogP contribution in [-0.4, -0.2) is 72.4 Å². The summed E-state index contributed by atoms with van der Waals surface area (Å²) in [6.45, 7) is 1.38. The van der Waals surface area contributed by atoms with Crippen molar-refractivity contribution in [2.45, 2.75) is 32.1 Å². The van der Waals surface area contributed by atoms with Crippen LogP contribution in [0.25, 0.3) is 0 Å². The standard InChI is InChI=1S/C17H23N3O7/c21-13(6-10-19-14(22)4-5-15(19)23)18-8-2-11-26-12-7-17(25)27-20-9-1-3-16(20)24/h4-5H,1-3,6-12H2,(H,18,21). The van der Waals surface area contributed by atoms with E-state index in [2.05, 4.69) is 5.32 Å². The Hall–Kier alpha value is -2.75. The molecule has 148 valence electrons. The van der Waals surface area contributed by atoms with Gasteiger partial charge in [-0.05, 0) is 12.8 Å². The first kappa shape index (κ1) is 20.6. The van der Waals surface area contributed by atoms with Crippen LogP contribution in [0.15, 0.2) is 12.2 Å². The van der Waals surface area contributed by atoms with Crippen molar-refractivity contribution in [3.05, 3.63) is 12.2 Å². The lowest BCUT2D eigenvalue weighted by molar-refractivity contribution is -0.193. The molecule has 0 radical (unpaired) electrons. The van der Waals surface area contributed by atoms with E-state index in [1.54, 1.807) is 0 Å². The van der Waals surface area contributed by atoms with E-state index in [4.69, 9.17) is 9.57 Å². The molecule has 0 unspecified atom stereocenters. The minimum Gasteiger partial charge on any atom is -0.381 e. The Morgan fingerprint density at radius 3 is 2.48 bits per heavy atom. The maximum atomic E-state index is 11.7. The van der Waals surface area contributed by atoms with Gasteiger partial charge in [-0.15, -0.1) is 0 Å². The van der Waals surface area contributed by atoms with Crippen molar-refractivity contribution < 1.29 is 33.5 Å². The molecule has 0 aromatic heterocycles. The Kier molecular flexibility index (Phi) is 7.93. The van der Waals surface area contributed by atoms with Crippen LogP contribution in [0.3, 0.4) is 0 Å². The summed E-state index contributed by atoms with van der Waals surface area (Å²) in [5, 5.41) is 3.75. The number of carbonyl (C=O) groups excluding carboxylic acids is 5. The van der Waals surface area contributed by atoms with E-state index in [9.17, 15) is 24.0 Å². The number of nitrogens with one attached hydrogen (secondary N) is 1. The lowest BCUT2D eigenvalue weighted by Crippen LogP contribution is -2.35. The summed E-state index contributed by atoms with van der Waals surface area (Å²) in [5.41, 5.74) is 0. The quantitative estimate of drug-likeness (QED) is 0.371. The molecule has 1 N–H and O–H groups in total.